The molecule has 0 heterocycles. The summed E-state index contributed by atoms with van der Waals surface area (Å²) in [7, 11) is 0. The van der Waals surface area contributed by atoms with E-state index in [4.69, 9.17) is 5.73 Å². The lowest BCUT2D eigenvalue weighted by atomic mass is 9.70. The minimum atomic E-state index is 0.279. The van der Waals surface area contributed by atoms with Crippen molar-refractivity contribution in [3.8, 4) is 0 Å². The summed E-state index contributed by atoms with van der Waals surface area (Å²) in [6, 6.07) is 0.389. The molecule has 1 nitrogen and oxygen atoms in total. The molecule has 1 aliphatic carbocycles. The van der Waals surface area contributed by atoms with Crippen LogP contribution >= 0.6 is 0 Å². The Morgan fingerprint density at radius 1 is 1.12 bits per heavy atom. The smallest absolute Gasteiger partial charge is 0.0116 e. The van der Waals surface area contributed by atoms with Crippen LogP contribution in [-0.4, -0.2) is 6.04 Å². The van der Waals surface area contributed by atoms with Gasteiger partial charge in [0.2, 0.25) is 0 Å². The van der Waals surface area contributed by atoms with Crippen molar-refractivity contribution in [1.29, 1.82) is 0 Å². The Morgan fingerprint density at radius 2 is 1.69 bits per heavy atom. The Balaban J connectivity index is 2.31. The van der Waals surface area contributed by atoms with Crippen LogP contribution in [0.3, 0.4) is 0 Å². The van der Waals surface area contributed by atoms with Crippen molar-refractivity contribution >= 4 is 0 Å². The highest BCUT2D eigenvalue weighted by molar-refractivity contribution is 4.86. The first-order chi connectivity index (χ1) is 7.45. The molecule has 0 amide bonds. The van der Waals surface area contributed by atoms with Crippen LogP contribution in [0.15, 0.2) is 0 Å². The van der Waals surface area contributed by atoms with Crippen molar-refractivity contribution in [2.45, 2.75) is 78.7 Å². The van der Waals surface area contributed by atoms with E-state index >= 15 is 0 Å². The first-order valence-corrected chi connectivity index (χ1v) is 7.20. The van der Waals surface area contributed by atoms with E-state index in [1.807, 2.05) is 0 Å². The fourth-order valence-electron chi connectivity index (χ4n) is 3.04. The Kier molecular flexibility index (Phi) is 5.30. The Morgan fingerprint density at radius 3 is 2.12 bits per heavy atom. The maximum absolute atomic E-state index is 6.37. The van der Waals surface area contributed by atoms with Gasteiger partial charge < -0.3 is 5.73 Å². The highest BCUT2D eigenvalue weighted by Crippen LogP contribution is 2.37. The van der Waals surface area contributed by atoms with Crippen LogP contribution in [0.5, 0.6) is 0 Å². The van der Waals surface area contributed by atoms with Gasteiger partial charge in [0, 0.05) is 6.04 Å². The third-order valence-corrected chi connectivity index (χ3v) is 4.37. The summed E-state index contributed by atoms with van der Waals surface area (Å²) in [5.41, 5.74) is 6.65. The van der Waals surface area contributed by atoms with Gasteiger partial charge in [-0.25, -0.2) is 0 Å². The lowest BCUT2D eigenvalue weighted by molar-refractivity contribution is 0.164. The molecule has 1 fully saturated rings. The molecule has 0 spiro atoms. The van der Waals surface area contributed by atoms with E-state index in [9.17, 15) is 0 Å². The van der Waals surface area contributed by atoms with E-state index in [2.05, 4.69) is 27.7 Å². The molecule has 1 unspecified atom stereocenters. The number of rotatable bonds is 4. The minimum Gasteiger partial charge on any atom is -0.327 e. The van der Waals surface area contributed by atoms with Gasteiger partial charge in [0.1, 0.15) is 0 Å². The molecular weight excluding hydrogens is 194 g/mol. The van der Waals surface area contributed by atoms with Gasteiger partial charge in [-0.05, 0) is 30.1 Å². The van der Waals surface area contributed by atoms with E-state index in [1.54, 1.807) is 0 Å². The molecule has 1 heteroatoms. The molecular formula is C15H31N. The lowest BCUT2D eigenvalue weighted by Crippen LogP contribution is -2.43. The van der Waals surface area contributed by atoms with Crippen molar-refractivity contribution in [3.63, 3.8) is 0 Å². The Bertz CT molecular complexity index is 184. The van der Waals surface area contributed by atoms with Crippen LogP contribution in [-0.2, 0) is 0 Å². The predicted molar refractivity (Wildman–Crippen MR) is 72.4 cm³/mol. The molecule has 0 aromatic carbocycles. The van der Waals surface area contributed by atoms with E-state index < -0.39 is 0 Å². The summed E-state index contributed by atoms with van der Waals surface area (Å²) < 4.78 is 0. The second-order valence-electron chi connectivity index (χ2n) is 6.81. The monoisotopic (exact) mass is 225 g/mol. The van der Waals surface area contributed by atoms with Gasteiger partial charge in [-0.15, -0.1) is 0 Å². The zero-order valence-electron chi connectivity index (χ0n) is 11.8. The van der Waals surface area contributed by atoms with Gasteiger partial charge in [0.05, 0.1) is 0 Å². The zero-order valence-corrected chi connectivity index (χ0v) is 11.8. The van der Waals surface area contributed by atoms with Gasteiger partial charge in [-0.3, -0.25) is 0 Å². The van der Waals surface area contributed by atoms with Crippen LogP contribution < -0.4 is 5.73 Å². The molecule has 0 aromatic rings. The number of hydrogen-bond donors (Lipinski definition) is 1. The molecule has 0 aromatic heterocycles. The summed E-state index contributed by atoms with van der Waals surface area (Å²) in [5.74, 6) is 1.78. The van der Waals surface area contributed by atoms with Gasteiger partial charge >= 0.3 is 0 Å². The van der Waals surface area contributed by atoms with Crippen LogP contribution in [0.1, 0.15) is 72.6 Å². The maximum atomic E-state index is 6.37. The van der Waals surface area contributed by atoms with Crippen molar-refractivity contribution in [3.05, 3.63) is 0 Å². The third-order valence-electron chi connectivity index (χ3n) is 4.37. The number of unbranched alkanes of at least 4 members (excludes halogenated alkanes) is 1. The molecule has 0 bridgehead atoms. The van der Waals surface area contributed by atoms with Crippen molar-refractivity contribution < 1.29 is 0 Å². The first kappa shape index (κ1) is 14.0. The summed E-state index contributed by atoms with van der Waals surface area (Å²) >= 11 is 0. The second kappa shape index (κ2) is 6.05. The molecule has 96 valence electrons. The highest BCUT2D eigenvalue weighted by atomic mass is 14.7. The number of hydrogen-bond acceptors (Lipinski definition) is 1. The fourth-order valence-corrected chi connectivity index (χ4v) is 3.04. The second-order valence-corrected chi connectivity index (χ2v) is 6.81. The molecule has 1 saturated carbocycles. The fraction of sp³-hybridized carbons (Fsp3) is 1.00. The van der Waals surface area contributed by atoms with Crippen LogP contribution in [0.25, 0.3) is 0 Å². The largest absolute Gasteiger partial charge is 0.327 e. The third kappa shape index (κ3) is 4.08. The van der Waals surface area contributed by atoms with E-state index in [-0.39, 0.29) is 5.41 Å². The van der Waals surface area contributed by atoms with E-state index in [0.29, 0.717) is 6.04 Å². The van der Waals surface area contributed by atoms with Gasteiger partial charge in [0.25, 0.3) is 0 Å². The van der Waals surface area contributed by atoms with Gasteiger partial charge in [-0.1, -0.05) is 59.8 Å². The molecule has 0 radical (unpaired) electrons. The molecule has 0 saturated heterocycles. The lowest BCUT2D eigenvalue weighted by Gasteiger charge is -2.38. The maximum Gasteiger partial charge on any atom is 0.0116 e. The summed E-state index contributed by atoms with van der Waals surface area (Å²) in [6.07, 6.45) is 9.80. The minimum absolute atomic E-state index is 0.279. The summed E-state index contributed by atoms with van der Waals surface area (Å²) in [6.45, 7) is 9.13. The first-order valence-electron chi connectivity index (χ1n) is 7.20. The SMILES string of the molecule is CCCCC1CCC(C(N)C(C)(C)C)CC1. The summed E-state index contributed by atoms with van der Waals surface area (Å²) in [4.78, 5) is 0. The quantitative estimate of drug-likeness (QED) is 0.756. The molecule has 16 heavy (non-hydrogen) atoms. The Hall–Kier alpha value is -0.0400. The molecule has 1 aliphatic rings. The molecule has 1 atom stereocenters. The topological polar surface area (TPSA) is 26.0 Å². The van der Waals surface area contributed by atoms with Crippen molar-refractivity contribution in [1.82, 2.24) is 0 Å². The Labute approximate surface area is 102 Å². The highest BCUT2D eigenvalue weighted by Gasteiger charge is 2.31. The number of nitrogens with two attached hydrogens (primary N) is 1. The normalized spacial score (nSPS) is 29.1. The molecule has 0 aliphatic heterocycles. The van der Waals surface area contributed by atoms with Crippen LogP contribution in [0, 0.1) is 17.3 Å². The van der Waals surface area contributed by atoms with Crippen molar-refractivity contribution in [2.75, 3.05) is 0 Å². The standard InChI is InChI=1S/C15H31N/c1-5-6-7-12-8-10-13(11-9-12)14(16)15(2,3)4/h12-14H,5-11,16H2,1-4H3. The average molecular weight is 225 g/mol. The molecule has 2 N–H and O–H groups in total. The predicted octanol–water partition coefficient (Wildman–Crippen LogP) is 4.36. The average Bonchev–Trinajstić information content (AvgIpc) is 2.25. The van der Waals surface area contributed by atoms with Gasteiger partial charge in [0.15, 0.2) is 0 Å². The van der Waals surface area contributed by atoms with E-state index in [0.717, 1.165) is 11.8 Å². The summed E-state index contributed by atoms with van der Waals surface area (Å²) in [5, 5.41) is 0. The van der Waals surface area contributed by atoms with Crippen LogP contribution in [0.4, 0.5) is 0 Å². The van der Waals surface area contributed by atoms with Crippen molar-refractivity contribution in [2.24, 2.45) is 23.0 Å². The van der Waals surface area contributed by atoms with Gasteiger partial charge in [-0.2, -0.15) is 0 Å². The molecule has 1 rings (SSSR count). The van der Waals surface area contributed by atoms with Crippen LogP contribution in [0.2, 0.25) is 0 Å². The zero-order chi connectivity index (χ0) is 12.2. The van der Waals surface area contributed by atoms with E-state index in [1.165, 1.54) is 44.9 Å².